The van der Waals surface area contributed by atoms with Crippen molar-refractivity contribution in [3.05, 3.63) is 29.8 Å². The van der Waals surface area contributed by atoms with Gasteiger partial charge in [0.25, 0.3) is 10.0 Å². The molecule has 3 aliphatic rings. The van der Waals surface area contributed by atoms with E-state index < -0.39 is 34.0 Å². The summed E-state index contributed by atoms with van der Waals surface area (Å²) in [7, 11) is -3.70. The van der Waals surface area contributed by atoms with Crippen molar-refractivity contribution in [2.75, 3.05) is 19.7 Å². The van der Waals surface area contributed by atoms with Gasteiger partial charge in [-0.2, -0.15) is 8.42 Å². The molecule has 138 valence electrons. The van der Waals surface area contributed by atoms with Gasteiger partial charge in [0.05, 0.1) is 12.5 Å². The summed E-state index contributed by atoms with van der Waals surface area (Å²) < 4.78 is 38.5. The number of sulfonamides is 1. The predicted molar refractivity (Wildman–Crippen MR) is 89.9 cm³/mol. The highest BCUT2D eigenvalue weighted by Gasteiger charge is 2.37. The van der Waals surface area contributed by atoms with Gasteiger partial charge in [0, 0.05) is 25.1 Å². The largest absolute Gasteiger partial charge is 0.463 e. The number of esters is 2. The average Bonchev–Trinajstić information content (AvgIpc) is 3.16. The SMILES string of the molecule is O=C(OC1CCOC1=O)C1CCCN(C2=NS(=O)(=O)c3ccccc32)C1. The Labute approximate surface area is 150 Å². The molecule has 3 heterocycles. The van der Waals surface area contributed by atoms with Gasteiger partial charge >= 0.3 is 11.9 Å². The van der Waals surface area contributed by atoms with Crippen molar-refractivity contribution < 1.29 is 27.5 Å². The first-order chi connectivity index (χ1) is 12.5. The standard InChI is InChI=1S/C17H18N2O6S/c20-16(25-13-7-9-24-17(13)21)11-4-3-8-19(10-11)15-12-5-1-2-6-14(12)26(22,23)18-15/h1-2,5-6,11,13H,3-4,7-10H2. The van der Waals surface area contributed by atoms with Crippen molar-refractivity contribution in [3.8, 4) is 0 Å². The second-order valence-corrected chi connectivity index (χ2v) is 8.13. The number of carbonyl (C=O) groups excluding carboxylic acids is 2. The van der Waals surface area contributed by atoms with Gasteiger partial charge in [0.15, 0.2) is 5.84 Å². The highest BCUT2D eigenvalue weighted by molar-refractivity contribution is 7.90. The van der Waals surface area contributed by atoms with Gasteiger partial charge in [0.1, 0.15) is 4.90 Å². The molecule has 0 spiro atoms. The van der Waals surface area contributed by atoms with E-state index in [1.807, 2.05) is 4.90 Å². The molecular formula is C17H18N2O6S. The highest BCUT2D eigenvalue weighted by atomic mass is 32.2. The van der Waals surface area contributed by atoms with Gasteiger partial charge in [-0.25, -0.2) is 4.79 Å². The summed E-state index contributed by atoms with van der Waals surface area (Å²) in [6.07, 6.45) is 0.872. The summed E-state index contributed by atoms with van der Waals surface area (Å²) in [6, 6.07) is 6.67. The monoisotopic (exact) mass is 378 g/mol. The normalized spacial score (nSPS) is 26.8. The van der Waals surface area contributed by atoms with Crippen LogP contribution in [0.15, 0.2) is 33.6 Å². The zero-order chi connectivity index (χ0) is 18.3. The minimum absolute atomic E-state index is 0.188. The van der Waals surface area contributed by atoms with Gasteiger partial charge in [0.2, 0.25) is 6.10 Å². The van der Waals surface area contributed by atoms with Crippen molar-refractivity contribution in [3.63, 3.8) is 0 Å². The van der Waals surface area contributed by atoms with Crippen LogP contribution in [0.4, 0.5) is 0 Å². The number of benzene rings is 1. The molecule has 1 aromatic carbocycles. The minimum atomic E-state index is -3.70. The molecule has 2 atom stereocenters. The second-order valence-electron chi connectivity index (χ2n) is 6.55. The number of hydrogen-bond donors (Lipinski definition) is 0. The van der Waals surface area contributed by atoms with Crippen LogP contribution in [0.5, 0.6) is 0 Å². The third-order valence-corrected chi connectivity index (χ3v) is 6.14. The molecule has 4 rings (SSSR count). The molecular weight excluding hydrogens is 360 g/mol. The molecule has 0 aliphatic carbocycles. The third kappa shape index (κ3) is 2.96. The summed E-state index contributed by atoms with van der Waals surface area (Å²) in [5.41, 5.74) is 0.556. The predicted octanol–water partition coefficient (Wildman–Crippen LogP) is 0.706. The lowest BCUT2D eigenvalue weighted by atomic mass is 9.97. The van der Waals surface area contributed by atoms with Crippen LogP contribution in [0, 0.1) is 5.92 Å². The fraction of sp³-hybridized carbons (Fsp3) is 0.471. The molecule has 0 radical (unpaired) electrons. The maximum Gasteiger partial charge on any atom is 0.347 e. The van der Waals surface area contributed by atoms with Crippen LogP contribution < -0.4 is 0 Å². The third-order valence-electron chi connectivity index (χ3n) is 4.81. The lowest BCUT2D eigenvalue weighted by Crippen LogP contribution is -2.43. The van der Waals surface area contributed by atoms with E-state index in [4.69, 9.17) is 9.47 Å². The first-order valence-electron chi connectivity index (χ1n) is 8.52. The molecule has 2 saturated heterocycles. The van der Waals surface area contributed by atoms with Crippen molar-refractivity contribution in [1.29, 1.82) is 0 Å². The van der Waals surface area contributed by atoms with E-state index >= 15 is 0 Å². The summed E-state index contributed by atoms with van der Waals surface area (Å²) >= 11 is 0. The Bertz CT molecular complexity index is 894. The maximum atomic E-state index is 12.4. The maximum absolute atomic E-state index is 12.4. The van der Waals surface area contributed by atoms with Crippen LogP contribution in [0.25, 0.3) is 0 Å². The molecule has 0 aromatic heterocycles. The van der Waals surface area contributed by atoms with Gasteiger partial charge in [-0.15, -0.1) is 4.40 Å². The van der Waals surface area contributed by atoms with Crippen molar-refractivity contribution in [2.45, 2.75) is 30.3 Å². The molecule has 9 heteroatoms. The van der Waals surface area contributed by atoms with Crippen molar-refractivity contribution >= 4 is 27.8 Å². The molecule has 1 aromatic rings. The van der Waals surface area contributed by atoms with E-state index in [0.717, 1.165) is 0 Å². The fourth-order valence-corrected chi connectivity index (χ4v) is 4.73. The molecule has 0 amide bonds. The number of carbonyl (C=O) groups is 2. The number of fused-ring (bicyclic) bond motifs is 1. The average molecular weight is 378 g/mol. The number of rotatable bonds is 2. The summed E-state index contributed by atoms with van der Waals surface area (Å²) in [4.78, 5) is 25.9. The number of ether oxygens (including phenoxy) is 2. The number of piperidine rings is 1. The molecule has 0 N–H and O–H groups in total. The summed E-state index contributed by atoms with van der Waals surface area (Å²) in [5, 5.41) is 0. The molecule has 26 heavy (non-hydrogen) atoms. The fourth-order valence-electron chi connectivity index (χ4n) is 3.50. The first-order valence-corrected chi connectivity index (χ1v) is 9.96. The second kappa shape index (κ2) is 6.39. The number of amidine groups is 1. The Balaban J connectivity index is 1.51. The van der Waals surface area contributed by atoms with Gasteiger partial charge < -0.3 is 14.4 Å². The topological polar surface area (TPSA) is 102 Å². The number of cyclic esters (lactones) is 1. The Morgan fingerprint density at radius 1 is 1.27 bits per heavy atom. The van der Waals surface area contributed by atoms with Crippen molar-refractivity contribution in [2.24, 2.45) is 10.3 Å². The van der Waals surface area contributed by atoms with Crippen LogP contribution in [-0.4, -0.2) is 56.9 Å². The van der Waals surface area contributed by atoms with Gasteiger partial charge in [-0.3, -0.25) is 4.79 Å². The zero-order valence-corrected chi connectivity index (χ0v) is 14.8. The molecule has 0 bridgehead atoms. The summed E-state index contributed by atoms with van der Waals surface area (Å²) in [5.74, 6) is -1.02. The molecule has 0 saturated carbocycles. The molecule has 3 aliphatic heterocycles. The number of nitrogens with zero attached hydrogens (tertiary/aromatic N) is 2. The van der Waals surface area contributed by atoms with E-state index in [9.17, 15) is 18.0 Å². The van der Waals surface area contributed by atoms with E-state index in [1.54, 1.807) is 18.2 Å². The highest BCUT2D eigenvalue weighted by Crippen LogP contribution is 2.30. The Hall–Kier alpha value is -2.42. The number of likely N-dealkylation sites (tertiary alicyclic amines) is 1. The van der Waals surface area contributed by atoms with Crippen LogP contribution in [0.1, 0.15) is 24.8 Å². The quantitative estimate of drug-likeness (QED) is 0.698. The molecule has 2 fully saturated rings. The van der Waals surface area contributed by atoms with Crippen LogP contribution >= 0.6 is 0 Å². The lowest BCUT2D eigenvalue weighted by molar-refractivity contribution is -0.164. The smallest absolute Gasteiger partial charge is 0.347 e. The Morgan fingerprint density at radius 3 is 2.85 bits per heavy atom. The van der Waals surface area contributed by atoms with Crippen molar-refractivity contribution in [1.82, 2.24) is 4.90 Å². The summed E-state index contributed by atoms with van der Waals surface area (Å²) in [6.45, 7) is 1.18. The van der Waals surface area contributed by atoms with Crippen LogP contribution in [0.3, 0.4) is 0 Å². The van der Waals surface area contributed by atoms with E-state index in [0.29, 0.717) is 43.8 Å². The van der Waals surface area contributed by atoms with Crippen LogP contribution in [-0.2, 0) is 29.1 Å². The zero-order valence-electron chi connectivity index (χ0n) is 14.0. The Kier molecular flexibility index (Phi) is 4.18. The minimum Gasteiger partial charge on any atom is -0.463 e. The van der Waals surface area contributed by atoms with E-state index in [2.05, 4.69) is 4.40 Å². The Morgan fingerprint density at radius 2 is 2.08 bits per heavy atom. The van der Waals surface area contributed by atoms with E-state index in [-0.39, 0.29) is 11.5 Å². The first kappa shape index (κ1) is 17.0. The number of hydrogen-bond acceptors (Lipinski definition) is 7. The molecule has 2 unspecified atom stereocenters. The van der Waals surface area contributed by atoms with Gasteiger partial charge in [-0.05, 0) is 25.0 Å². The lowest BCUT2D eigenvalue weighted by Gasteiger charge is -2.33. The van der Waals surface area contributed by atoms with Gasteiger partial charge in [-0.1, -0.05) is 12.1 Å². The van der Waals surface area contributed by atoms with E-state index in [1.165, 1.54) is 6.07 Å². The molecule has 8 nitrogen and oxygen atoms in total. The van der Waals surface area contributed by atoms with Crippen LogP contribution in [0.2, 0.25) is 0 Å².